The lowest BCUT2D eigenvalue weighted by molar-refractivity contribution is -0.696. The minimum Gasteiger partial charge on any atom is -1.00 e. The molecule has 0 aliphatic carbocycles. The molecular formula is C21H29ClN6O2. The van der Waals surface area contributed by atoms with Gasteiger partial charge in [0.05, 0.1) is 37.7 Å². The maximum absolute atomic E-state index is 5.88. The van der Waals surface area contributed by atoms with Crippen molar-refractivity contribution in [3.05, 3.63) is 55.1 Å². The predicted octanol–water partition coefficient (Wildman–Crippen LogP) is -0.953. The van der Waals surface area contributed by atoms with Gasteiger partial charge in [-0.05, 0) is 24.3 Å². The Balaban J connectivity index is 0.00000320. The Hall–Kier alpha value is -3.26. The van der Waals surface area contributed by atoms with E-state index in [-0.39, 0.29) is 12.4 Å². The summed E-state index contributed by atoms with van der Waals surface area (Å²) in [6.07, 6.45) is 7.89. The summed E-state index contributed by atoms with van der Waals surface area (Å²) in [6.45, 7) is 2.85. The molecule has 0 saturated heterocycles. The summed E-state index contributed by atoms with van der Waals surface area (Å²) < 4.78 is 15.7. The van der Waals surface area contributed by atoms with Crippen molar-refractivity contribution in [2.24, 2.45) is 0 Å². The zero-order chi connectivity index (χ0) is 20.6. The second-order valence-corrected chi connectivity index (χ2v) is 6.89. The fourth-order valence-corrected chi connectivity index (χ4v) is 2.91. The average molecular weight is 433 g/mol. The van der Waals surface area contributed by atoms with Crippen molar-refractivity contribution in [3.63, 3.8) is 0 Å². The normalized spacial score (nSPS) is 10.4. The van der Waals surface area contributed by atoms with Crippen molar-refractivity contribution in [1.29, 1.82) is 0 Å². The lowest BCUT2D eigenvalue weighted by Crippen LogP contribution is -3.00. The van der Waals surface area contributed by atoms with E-state index >= 15 is 0 Å². The first-order valence-electron chi connectivity index (χ1n) is 9.61. The van der Waals surface area contributed by atoms with Crippen LogP contribution in [0.5, 0.6) is 11.5 Å². The van der Waals surface area contributed by atoms with Gasteiger partial charge in [-0.1, -0.05) is 0 Å². The van der Waals surface area contributed by atoms with Crippen molar-refractivity contribution in [2.75, 3.05) is 36.1 Å². The minimum absolute atomic E-state index is 0. The highest BCUT2D eigenvalue weighted by atomic mass is 35.5. The van der Waals surface area contributed by atoms with E-state index in [9.17, 15) is 0 Å². The average Bonchev–Trinajstić information content (AvgIpc) is 3.15. The summed E-state index contributed by atoms with van der Waals surface area (Å²) in [5.41, 5.74) is 25.8. The van der Waals surface area contributed by atoms with Crippen LogP contribution in [0.1, 0.15) is 12.8 Å². The van der Waals surface area contributed by atoms with Gasteiger partial charge in [0.15, 0.2) is 0 Å². The predicted molar refractivity (Wildman–Crippen MR) is 115 cm³/mol. The number of aryl methyl sites for hydroxylation is 2. The van der Waals surface area contributed by atoms with Crippen LogP contribution in [-0.4, -0.2) is 17.8 Å². The highest BCUT2D eigenvalue weighted by molar-refractivity contribution is 5.60. The molecule has 162 valence electrons. The first kappa shape index (κ1) is 23.0. The fourth-order valence-electron chi connectivity index (χ4n) is 2.91. The summed E-state index contributed by atoms with van der Waals surface area (Å²) >= 11 is 0. The van der Waals surface area contributed by atoms with Crippen molar-refractivity contribution >= 4 is 22.7 Å². The van der Waals surface area contributed by atoms with Crippen molar-refractivity contribution < 1.29 is 26.4 Å². The van der Waals surface area contributed by atoms with Crippen molar-refractivity contribution in [3.8, 4) is 11.5 Å². The Bertz CT molecular complexity index is 873. The summed E-state index contributed by atoms with van der Waals surface area (Å²) in [7, 11) is 0. The number of nitrogens with zero attached hydrogens (tertiary/aromatic N) is 2. The molecule has 0 spiro atoms. The molecule has 0 aliphatic rings. The first-order valence-corrected chi connectivity index (χ1v) is 9.61. The molecule has 0 radical (unpaired) electrons. The molecule has 3 rings (SSSR count). The van der Waals surface area contributed by atoms with Gasteiger partial charge in [0, 0.05) is 36.3 Å². The Morgan fingerprint density at radius 1 is 0.800 bits per heavy atom. The van der Waals surface area contributed by atoms with Crippen LogP contribution in [0.25, 0.3) is 0 Å². The number of imidazole rings is 1. The number of aromatic nitrogens is 2. The molecule has 0 saturated carbocycles. The number of anilines is 4. The van der Waals surface area contributed by atoms with Gasteiger partial charge in [-0.25, -0.2) is 9.13 Å². The van der Waals surface area contributed by atoms with Crippen LogP contribution >= 0.6 is 0 Å². The molecule has 2 aromatic carbocycles. The Kier molecular flexibility index (Phi) is 8.49. The minimum atomic E-state index is 0. The number of hydrogen-bond acceptors (Lipinski definition) is 6. The van der Waals surface area contributed by atoms with E-state index in [4.69, 9.17) is 32.4 Å². The third kappa shape index (κ3) is 6.66. The molecule has 1 heterocycles. The molecule has 30 heavy (non-hydrogen) atoms. The number of hydrogen-bond donors (Lipinski definition) is 4. The van der Waals surface area contributed by atoms with Gasteiger partial charge in [-0.2, -0.15) is 0 Å². The summed E-state index contributed by atoms with van der Waals surface area (Å²) in [5.74, 6) is 1.27. The second kappa shape index (κ2) is 11.1. The van der Waals surface area contributed by atoms with Crippen molar-refractivity contribution in [2.45, 2.75) is 25.9 Å². The third-order valence-corrected chi connectivity index (χ3v) is 4.46. The van der Waals surface area contributed by atoms with E-state index in [1.807, 2.05) is 12.4 Å². The van der Waals surface area contributed by atoms with E-state index in [0.29, 0.717) is 47.5 Å². The van der Waals surface area contributed by atoms with Crippen LogP contribution < -0.4 is 49.4 Å². The number of benzene rings is 2. The molecule has 9 heteroatoms. The summed E-state index contributed by atoms with van der Waals surface area (Å²) in [5, 5.41) is 0. The van der Waals surface area contributed by atoms with Gasteiger partial charge in [0.1, 0.15) is 23.9 Å². The van der Waals surface area contributed by atoms with Crippen LogP contribution in [-0.2, 0) is 13.1 Å². The lowest BCUT2D eigenvalue weighted by atomic mass is 10.2. The van der Waals surface area contributed by atoms with Crippen LogP contribution in [0.2, 0.25) is 0 Å². The molecule has 0 aliphatic heterocycles. The second-order valence-electron chi connectivity index (χ2n) is 6.89. The quantitative estimate of drug-likeness (QED) is 0.185. The zero-order valence-corrected chi connectivity index (χ0v) is 17.6. The number of rotatable bonds is 10. The fraction of sp³-hybridized carbons (Fsp3) is 0.286. The van der Waals surface area contributed by atoms with E-state index in [0.717, 1.165) is 25.9 Å². The molecule has 0 bridgehead atoms. The maximum atomic E-state index is 5.88. The van der Waals surface area contributed by atoms with Crippen LogP contribution in [0.3, 0.4) is 0 Å². The van der Waals surface area contributed by atoms with Gasteiger partial charge in [-0.15, -0.1) is 0 Å². The van der Waals surface area contributed by atoms with E-state index in [2.05, 4.69) is 15.5 Å². The standard InChI is InChI=1S/C21H29N6O2.ClH/c22-16-3-5-18(24)20(13-16)28-11-1-7-26-9-10-27(15-26)8-2-12-29-21-14-17(23)4-6-19(21)25;/h3-6,9-10,13-15H,1-2,7-8,11-12,22-25H2;1H/q+1;/p-1. The molecule has 0 unspecified atom stereocenters. The summed E-state index contributed by atoms with van der Waals surface area (Å²) in [6, 6.07) is 10.5. The van der Waals surface area contributed by atoms with Crippen LogP contribution in [0, 0.1) is 0 Å². The van der Waals surface area contributed by atoms with E-state index in [1.54, 1.807) is 36.4 Å². The van der Waals surface area contributed by atoms with Gasteiger partial charge in [0.25, 0.3) is 0 Å². The number of halogens is 1. The van der Waals surface area contributed by atoms with Gasteiger partial charge >= 0.3 is 0 Å². The molecule has 0 atom stereocenters. The lowest BCUT2D eigenvalue weighted by Gasteiger charge is -2.09. The van der Waals surface area contributed by atoms with Crippen molar-refractivity contribution in [1.82, 2.24) is 4.57 Å². The molecule has 1 aromatic heterocycles. The first-order chi connectivity index (χ1) is 14.0. The third-order valence-electron chi connectivity index (χ3n) is 4.46. The highest BCUT2D eigenvalue weighted by Crippen LogP contribution is 2.24. The molecule has 0 fully saturated rings. The Morgan fingerprint density at radius 2 is 1.37 bits per heavy atom. The molecule has 8 N–H and O–H groups in total. The topological polar surface area (TPSA) is 131 Å². The van der Waals surface area contributed by atoms with E-state index < -0.39 is 0 Å². The molecular weight excluding hydrogens is 404 g/mol. The SMILES string of the molecule is Nc1ccc(N)c(OCCCn2cc[n+](CCCOc3cc(N)ccc3N)c2)c1.[Cl-]. The largest absolute Gasteiger partial charge is 1.00 e. The summed E-state index contributed by atoms with van der Waals surface area (Å²) in [4.78, 5) is 0. The van der Waals surface area contributed by atoms with Gasteiger partial charge in [-0.3, -0.25) is 0 Å². The number of ether oxygens (including phenoxy) is 2. The maximum Gasteiger partial charge on any atom is 0.243 e. The smallest absolute Gasteiger partial charge is 0.243 e. The van der Waals surface area contributed by atoms with Gasteiger partial charge in [0.2, 0.25) is 6.33 Å². The highest BCUT2D eigenvalue weighted by Gasteiger charge is 2.06. The Labute approximate surface area is 182 Å². The monoisotopic (exact) mass is 432 g/mol. The number of nitrogens with two attached hydrogens (primary N) is 4. The number of nitrogen functional groups attached to an aromatic ring is 4. The molecule has 0 amide bonds. The van der Waals surface area contributed by atoms with Crippen LogP contribution in [0.15, 0.2) is 55.1 Å². The zero-order valence-electron chi connectivity index (χ0n) is 16.8. The molecule has 3 aromatic rings. The Morgan fingerprint density at radius 3 is 1.97 bits per heavy atom. The van der Waals surface area contributed by atoms with Gasteiger partial charge < -0.3 is 44.8 Å². The molecule has 8 nitrogen and oxygen atoms in total. The van der Waals surface area contributed by atoms with E-state index in [1.165, 1.54) is 0 Å². The van der Waals surface area contributed by atoms with Crippen LogP contribution in [0.4, 0.5) is 22.7 Å².